The van der Waals surface area contributed by atoms with Gasteiger partial charge in [-0.25, -0.2) is 9.18 Å². The first-order chi connectivity index (χ1) is 7.51. The maximum Gasteiger partial charge on any atom is 0.337 e. The fourth-order valence-electron chi connectivity index (χ4n) is 1.30. The Morgan fingerprint density at radius 1 is 1.38 bits per heavy atom. The molecule has 0 amide bonds. The van der Waals surface area contributed by atoms with E-state index in [4.69, 9.17) is 14.6 Å². The van der Waals surface area contributed by atoms with Gasteiger partial charge < -0.3 is 19.7 Å². The van der Waals surface area contributed by atoms with Crippen LogP contribution in [0.1, 0.15) is 11.7 Å². The van der Waals surface area contributed by atoms with E-state index in [-0.39, 0.29) is 17.1 Å². The van der Waals surface area contributed by atoms with Crippen molar-refractivity contribution in [1.29, 1.82) is 0 Å². The first kappa shape index (κ1) is 12.3. The van der Waals surface area contributed by atoms with E-state index in [2.05, 4.69) is 0 Å². The van der Waals surface area contributed by atoms with Crippen molar-refractivity contribution in [3.63, 3.8) is 0 Å². The van der Waals surface area contributed by atoms with Crippen LogP contribution in [0.2, 0.25) is 0 Å². The van der Waals surface area contributed by atoms with Gasteiger partial charge in [-0.3, -0.25) is 0 Å². The Balaban J connectivity index is 3.35. The Kier molecular flexibility index (Phi) is 3.68. The maximum absolute atomic E-state index is 13.1. The van der Waals surface area contributed by atoms with Gasteiger partial charge in [-0.15, -0.1) is 0 Å². The monoisotopic (exact) mass is 230 g/mol. The Hall–Kier alpha value is -1.82. The molecule has 0 radical (unpaired) electrons. The third kappa shape index (κ3) is 2.22. The molecule has 1 atom stereocenters. The number of aliphatic carboxylic acids is 1. The molecule has 0 saturated carbocycles. The van der Waals surface area contributed by atoms with Gasteiger partial charge in [0, 0.05) is 11.6 Å². The number of carboxylic acid groups (broad SMARTS) is 1. The molecule has 1 rings (SSSR count). The third-order valence-corrected chi connectivity index (χ3v) is 2.00. The highest BCUT2D eigenvalue weighted by Crippen LogP contribution is 2.35. The molecular formula is C10H11FO5. The average Bonchev–Trinajstić information content (AvgIpc) is 2.26. The smallest absolute Gasteiger partial charge is 0.337 e. The van der Waals surface area contributed by atoms with Crippen LogP contribution in [-0.2, 0) is 4.79 Å². The van der Waals surface area contributed by atoms with E-state index in [1.807, 2.05) is 0 Å². The Morgan fingerprint density at radius 2 is 2.00 bits per heavy atom. The van der Waals surface area contributed by atoms with Crippen molar-refractivity contribution < 1.29 is 28.9 Å². The zero-order valence-corrected chi connectivity index (χ0v) is 8.73. The highest BCUT2D eigenvalue weighted by atomic mass is 19.1. The number of carbonyl (C=O) groups is 1. The second-order valence-corrected chi connectivity index (χ2v) is 2.97. The Labute approximate surface area is 91.0 Å². The standard InChI is InChI=1S/C10H11FO5/c1-15-7-4-5(11)3-6(9(7)16-2)8(12)10(13)14/h3-4,8,12H,1-2H3,(H,13,14). The summed E-state index contributed by atoms with van der Waals surface area (Å²) in [6.07, 6.45) is -1.86. The number of hydrogen-bond acceptors (Lipinski definition) is 4. The minimum atomic E-state index is -1.86. The maximum atomic E-state index is 13.1. The lowest BCUT2D eigenvalue weighted by molar-refractivity contribution is -0.147. The topological polar surface area (TPSA) is 76.0 Å². The fourth-order valence-corrected chi connectivity index (χ4v) is 1.30. The van der Waals surface area contributed by atoms with Crippen LogP contribution in [0.5, 0.6) is 11.5 Å². The number of halogens is 1. The van der Waals surface area contributed by atoms with Crippen molar-refractivity contribution in [2.75, 3.05) is 14.2 Å². The van der Waals surface area contributed by atoms with Crippen LogP contribution in [0, 0.1) is 5.82 Å². The molecule has 6 heteroatoms. The minimum Gasteiger partial charge on any atom is -0.493 e. The first-order valence-electron chi connectivity index (χ1n) is 4.33. The molecule has 0 fully saturated rings. The number of hydrogen-bond donors (Lipinski definition) is 2. The van der Waals surface area contributed by atoms with Gasteiger partial charge in [0.1, 0.15) is 5.82 Å². The molecular weight excluding hydrogens is 219 g/mol. The van der Waals surface area contributed by atoms with E-state index in [9.17, 15) is 14.3 Å². The second kappa shape index (κ2) is 4.80. The van der Waals surface area contributed by atoms with E-state index < -0.39 is 17.9 Å². The molecule has 1 aromatic carbocycles. The highest BCUT2D eigenvalue weighted by molar-refractivity contribution is 5.75. The predicted octanol–water partition coefficient (Wildman–Crippen LogP) is 0.961. The van der Waals surface area contributed by atoms with Crippen LogP contribution >= 0.6 is 0 Å². The molecule has 0 heterocycles. The Bertz CT molecular complexity index is 404. The molecule has 0 bridgehead atoms. The number of methoxy groups -OCH3 is 2. The second-order valence-electron chi connectivity index (χ2n) is 2.97. The number of rotatable bonds is 4. The molecule has 0 aliphatic rings. The molecule has 2 N–H and O–H groups in total. The molecule has 0 saturated heterocycles. The largest absolute Gasteiger partial charge is 0.493 e. The van der Waals surface area contributed by atoms with E-state index in [0.29, 0.717) is 0 Å². The van der Waals surface area contributed by atoms with Gasteiger partial charge in [-0.2, -0.15) is 0 Å². The lowest BCUT2D eigenvalue weighted by Gasteiger charge is -2.14. The number of ether oxygens (including phenoxy) is 2. The molecule has 88 valence electrons. The van der Waals surface area contributed by atoms with Crippen molar-refractivity contribution in [3.8, 4) is 11.5 Å². The normalized spacial score (nSPS) is 12.0. The zero-order chi connectivity index (χ0) is 12.3. The minimum absolute atomic E-state index is 0.00111. The molecule has 5 nitrogen and oxygen atoms in total. The van der Waals surface area contributed by atoms with Gasteiger partial charge in [-0.05, 0) is 6.07 Å². The lowest BCUT2D eigenvalue weighted by atomic mass is 10.1. The van der Waals surface area contributed by atoms with Gasteiger partial charge in [-0.1, -0.05) is 0 Å². The molecule has 16 heavy (non-hydrogen) atoms. The van der Waals surface area contributed by atoms with Crippen LogP contribution in [0.15, 0.2) is 12.1 Å². The van der Waals surface area contributed by atoms with Gasteiger partial charge in [0.25, 0.3) is 0 Å². The van der Waals surface area contributed by atoms with Crippen LogP contribution in [0.25, 0.3) is 0 Å². The van der Waals surface area contributed by atoms with Crippen molar-refractivity contribution in [2.45, 2.75) is 6.10 Å². The number of benzene rings is 1. The van der Waals surface area contributed by atoms with Crippen LogP contribution in [-0.4, -0.2) is 30.4 Å². The van der Waals surface area contributed by atoms with Crippen molar-refractivity contribution in [1.82, 2.24) is 0 Å². The third-order valence-electron chi connectivity index (χ3n) is 2.00. The van der Waals surface area contributed by atoms with E-state index >= 15 is 0 Å². The SMILES string of the molecule is COc1cc(F)cc(C(O)C(=O)O)c1OC. The van der Waals surface area contributed by atoms with E-state index in [1.54, 1.807) is 0 Å². The summed E-state index contributed by atoms with van der Waals surface area (Å²) in [5.41, 5.74) is -0.188. The van der Waals surface area contributed by atoms with Gasteiger partial charge in [0.05, 0.1) is 14.2 Å². The highest BCUT2D eigenvalue weighted by Gasteiger charge is 2.24. The van der Waals surface area contributed by atoms with Gasteiger partial charge in [0.2, 0.25) is 0 Å². The van der Waals surface area contributed by atoms with E-state index in [1.165, 1.54) is 14.2 Å². The van der Waals surface area contributed by atoms with E-state index in [0.717, 1.165) is 12.1 Å². The molecule has 0 aliphatic carbocycles. The predicted molar refractivity (Wildman–Crippen MR) is 52.1 cm³/mol. The van der Waals surface area contributed by atoms with Crippen LogP contribution in [0.4, 0.5) is 4.39 Å². The summed E-state index contributed by atoms with van der Waals surface area (Å²) in [7, 11) is 2.56. The molecule has 1 unspecified atom stereocenters. The molecule has 0 spiro atoms. The van der Waals surface area contributed by atoms with Crippen molar-refractivity contribution >= 4 is 5.97 Å². The quantitative estimate of drug-likeness (QED) is 0.805. The summed E-state index contributed by atoms with van der Waals surface area (Å²) >= 11 is 0. The summed E-state index contributed by atoms with van der Waals surface area (Å²) in [5, 5.41) is 18.0. The molecule has 0 aliphatic heterocycles. The number of aliphatic hydroxyl groups is 1. The van der Waals surface area contributed by atoms with Crippen molar-refractivity contribution in [3.05, 3.63) is 23.5 Å². The number of aliphatic hydroxyl groups excluding tert-OH is 1. The Morgan fingerprint density at radius 3 is 2.44 bits per heavy atom. The van der Waals surface area contributed by atoms with Crippen molar-refractivity contribution in [2.24, 2.45) is 0 Å². The summed E-state index contributed by atoms with van der Waals surface area (Å²) in [6.45, 7) is 0. The summed E-state index contributed by atoms with van der Waals surface area (Å²) in [5.74, 6) is -2.18. The average molecular weight is 230 g/mol. The fraction of sp³-hybridized carbons (Fsp3) is 0.300. The van der Waals surface area contributed by atoms with Gasteiger partial charge >= 0.3 is 5.97 Å². The van der Waals surface area contributed by atoms with Gasteiger partial charge in [0.15, 0.2) is 17.6 Å². The molecule has 1 aromatic rings. The lowest BCUT2D eigenvalue weighted by Crippen LogP contribution is -2.12. The zero-order valence-electron chi connectivity index (χ0n) is 8.73. The number of carboxylic acids is 1. The van der Waals surface area contributed by atoms with Crippen LogP contribution in [0.3, 0.4) is 0 Å². The summed E-state index contributed by atoms with van der Waals surface area (Å²) in [6, 6.07) is 1.93. The summed E-state index contributed by atoms with van der Waals surface area (Å²) < 4.78 is 22.8. The molecule has 0 aromatic heterocycles. The summed E-state index contributed by atoms with van der Waals surface area (Å²) in [4.78, 5) is 10.6. The first-order valence-corrected chi connectivity index (χ1v) is 4.33. The van der Waals surface area contributed by atoms with Crippen LogP contribution < -0.4 is 9.47 Å².